The number of sulfonamides is 2. The van der Waals surface area contributed by atoms with Crippen molar-refractivity contribution in [3.8, 4) is 0 Å². The van der Waals surface area contributed by atoms with Crippen molar-refractivity contribution >= 4 is 61.3 Å². The van der Waals surface area contributed by atoms with Gasteiger partial charge in [-0.25, -0.2) is 13.6 Å². The van der Waals surface area contributed by atoms with E-state index >= 15 is 0 Å². The van der Waals surface area contributed by atoms with E-state index in [-0.39, 0.29) is 39.3 Å². The molecule has 13 nitrogen and oxygen atoms in total. The number of guanidine groups is 1. The molecule has 20 heteroatoms. The molecule has 0 fully saturated rings. The van der Waals surface area contributed by atoms with Gasteiger partial charge in [-0.3, -0.25) is 10.9 Å². The van der Waals surface area contributed by atoms with E-state index < -0.39 is 37.7 Å². The summed E-state index contributed by atoms with van der Waals surface area (Å²) in [6, 6.07) is 16.3. The van der Waals surface area contributed by atoms with E-state index in [0.29, 0.717) is 16.0 Å². The fraction of sp³-hybridized carbons (Fsp3) is 0.120. The van der Waals surface area contributed by atoms with Gasteiger partial charge in [0.25, 0.3) is 10.0 Å². The molecular formula is C25H23ClF3N9O4S3. The van der Waals surface area contributed by atoms with Gasteiger partial charge >= 0.3 is 6.18 Å². The summed E-state index contributed by atoms with van der Waals surface area (Å²) in [5.74, 6) is -0.498. The van der Waals surface area contributed by atoms with Crippen LogP contribution in [-0.4, -0.2) is 37.7 Å². The third-order valence-corrected chi connectivity index (χ3v) is 9.36. The number of alkyl halides is 3. The molecular weight excluding hydrogens is 679 g/mol. The number of nitrogens with zero attached hydrogens (tertiary/aromatic N) is 4. The molecule has 238 valence electrons. The average Bonchev–Trinajstić information content (AvgIpc) is 2.97. The highest BCUT2D eigenvalue weighted by molar-refractivity contribution is 7.99. The molecule has 0 aliphatic heterocycles. The fourth-order valence-corrected chi connectivity index (χ4v) is 6.56. The molecule has 4 rings (SSSR count). The van der Waals surface area contributed by atoms with E-state index in [1.165, 1.54) is 42.5 Å². The Balaban J connectivity index is 1.39. The van der Waals surface area contributed by atoms with Gasteiger partial charge in [0.2, 0.25) is 33.2 Å². The van der Waals surface area contributed by atoms with Crippen molar-refractivity contribution in [2.45, 2.75) is 33.2 Å². The maximum Gasteiger partial charge on any atom is 0.416 e. The van der Waals surface area contributed by atoms with Crippen LogP contribution < -0.4 is 27.0 Å². The lowest BCUT2D eigenvalue weighted by atomic mass is 10.1. The van der Waals surface area contributed by atoms with Gasteiger partial charge in [-0.1, -0.05) is 36.4 Å². The molecule has 4 aromatic rings. The summed E-state index contributed by atoms with van der Waals surface area (Å²) < 4.78 is 91.0. The SMILES string of the molecule is NC(=NS(=O)(=O)c1ccccc1SCc1ccc(C(F)(F)F)cc1)NNc1nc(Cl)nc(NCc2ccc(S(N)(=O)=O)cc2)n1. The number of aromatic nitrogens is 3. The molecule has 0 aliphatic rings. The molecule has 1 aromatic heterocycles. The second-order valence-corrected chi connectivity index (χ2v) is 13.4. The van der Waals surface area contributed by atoms with Crippen molar-refractivity contribution in [2.24, 2.45) is 15.3 Å². The van der Waals surface area contributed by atoms with Gasteiger partial charge in [-0.2, -0.15) is 36.5 Å². The summed E-state index contributed by atoms with van der Waals surface area (Å²) in [6.07, 6.45) is -4.46. The minimum Gasteiger partial charge on any atom is -0.368 e. The number of rotatable bonds is 11. The number of nitrogens with two attached hydrogens (primary N) is 2. The number of hydrogen-bond donors (Lipinski definition) is 5. The van der Waals surface area contributed by atoms with Crippen LogP contribution in [0.1, 0.15) is 16.7 Å². The van der Waals surface area contributed by atoms with Crippen LogP contribution in [0.5, 0.6) is 0 Å². The summed E-state index contributed by atoms with van der Waals surface area (Å²) in [5.41, 5.74) is 11.1. The summed E-state index contributed by atoms with van der Waals surface area (Å²) in [6.45, 7) is 0.177. The molecule has 7 N–H and O–H groups in total. The number of nitrogens with one attached hydrogen (secondary N) is 3. The van der Waals surface area contributed by atoms with Crippen LogP contribution in [0.4, 0.5) is 25.1 Å². The van der Waals surface area contributed by atoms with E-state index in [9.17, 15) is 30.0 Å². The van der Waals surface area contributed by atoms with Crippen LogP contribution in [0, 0.1) is 0 Å². The van der Waals surface area contributed by atoms with Crippen molar-refractivity contribution in [3.05, 3.63) is 94.8 Å². The molecule has 0 amide bonds. The Bertz CT molecular complexity index is 1910. The molecule has 45 heavy (non-hydrogen) atoms. The Hall–Kier alpha value is -4.17. The summed E-state index contributed by atoms with van der Waals surface area (Å²) in [4.78, 5) is 12.0. The van der Waals surface area contributed by atoms with Crippen molar-refractivity contribution in [2.75, 3.05) is 10.7 Å². The highest BCUT2D eigenvalue weighted by Crippen LogP contribution is 2.32. The minimum absolute atomic E-state index is 0.0250. The fourth-order valence-electron chi connectivity index (χ4n) is 3.52. The monoisotopic (exact) mass is 701 g/mol. The zero-order valence-electron chi connectivity index (χ0n) is 22.7. The minimum atomic E-state index is -4.46. The lowest BCUT2D eigenvalue weighted by Gasteiger charge is -2.11. The van der Waals surface area contributed by atoms with Crippen LogP contribution in [0.15, 0.2) is 91.9 Å². The summed E-state index contributed by atoms with van der Waals surface area (Å²) >= 11 is 7.06. The summed E-state index contributed by atoms with van der Waals surface area (Å²) in [7, 11) is -8.17. The molecule has 0 unspecified atom stereocenters. The zero-order chi connectivity index (χ0) is 32.8. The smallest absolute Gasteiger partial charge is 0.368 e. The number of benzene rings is 3. The van der Waals surface area contributed by atoms with Gasteiger partial charge < -0.3 is 11.1 Å². The average molecular weight is 702 g/mol. The number of hydrazine groups is 1. The molecule has 0 aliphatic carbocycles. The molecule has 1 heterocycles. The molecule has 0 spiro atoms. The lowest BCUT2D eigenvalue weighted by Crippen LogP contribution is -2.37. The van der Waals surface area contributed by atoms with Crippen LogP contribution in [-0.2, 0) is 38.5 Å². The Morgan fingerprint density at radius 2 is 1.51 bits per heavy atom. The maximum absolute atomic E-state index is 13.1. The van der Waals surface area contributed by atoms with Crippen molar-refractivity contribution in [1.82, 2.24) is 20.4 Å². The topological polar surface area (TPSA) is 207 Å². The van der Waals surface area contributed by atoms with E-state index in [1.54, 1.807) is 18.2 Å². The lowest BCUT2D eigenvalue weighted by molar-refractivity contribution is -0.137. The first-order valence-electron chi connectivity index (χ1n) is 12.4. The van der Waals surface area contributed by atoms with E-state index in [1.807, 2.05) is 0 Å². The Kier molecular flexibility index (Phi) is 10.4. The summed E-state index contributed by atoms with van der Waals surface area (Å²) in [5, 5.41) is 7.76. The molecule has 0 saturated heterocycles. The largest absolute Gasteiger partial charge is 0.416 e. The van der Waals surface area contributed by atoms with Gasteiger partial charge in [-0.15, -0.1) is 16.2 Å². The third kappa shape index (κ3) is 9.66. The standard InChI is InChI=1S/C25H23ClF3N9O4S3/c26-21-33-23(32-13-15-7-11-18(12-8-15)44(31,39)40)35-24(34-21)37-36-22(30)38-45(41,42)20-4-2-1-3-19(20)43-14-16-5-9-17(10-6-16)25(27,28)29/h1-12H,13-14H2,(H3,30,36,38)(H2,31,39,40)(H2,32,33,34,35,37). The first-order chi connectivity index (χ1) is 21.1. The molecule has 0 radical (unpaired) electrons. The van der Waals surface area contributed by atoms with Crippen LogP contribution in [0.3, 0.4) is 0 Å². The molecule has 0 saturated carbocycles. The van der Waals surface area contributed by atoms with Crippen LogP contribution in [0.25, 0.3) is 0 Å². The number of hydrogen-bond acceptors (Lipinski definition) is 10. The second kappa shape index (κ2) is 13.9. The highest BCUT2D eigenvalue weighted by Gasteiger charge is 2.30. The third-order valence-electron chi connectivity index (χ3n) is 5.63. The highest BCUT2D eigenvalue weighted by atomic mass is 35.5. The Labute approximate surface area is 264 Å². The molecule has 0 atom stereocenters. The van der Waals surface area contributed by atoms with E-state index in [0.717, 1.165) is 23.9 Å². The van der Waals surface area contributed by atoms with Gasteiger partial charge in [0, 0.05) is 17.2 Å². The van der Waals surface area contributed by atoms with Gasteiger partial charge in [0.05, 0.1) is 10.5 Å². The molecule has 0 bridgehead atoms. The van der Waals surface area contributed by atoms with Gasteiger partial charge in [0.1, 0.15) is 4.90 Å². The number of anilines is 2. The number of halogens is 4. The van der Waals surface area contributed by atoms with Crippen LogP contribution >= 0.6 is 23.4 Å². The van der Waals surface area contributed by atoms with Crippen molar-refractivity contribution in [1.29, 1.82) is 0 Å². The predicted octanol–water partition coefficient (Wildman–Crippen LogP) is 3.72. The molecule has 3 aromatic carbocycles. The first-order valence-corrected chi connectivity index (χ1v) is 16.7. The Morgan fingerprint density at radius 3 is 2.16 bits per heavy atom. The van der Waals surface area contributed by atoms with Gasteiger partial charge in [0.15, 0.2) is 0 Å². The number of thioether (sulfide) groups is 1. The first kappa shape index (κ1) is 33.7. The normalized spacial score (nSPS) is 12.5. The van der Waals surface area contributed by atoms with E-state index in [2.05, 4.69) is 35.5 Å². The van der Waals surface area contributed by atoms with Crippen LogP contribution in [0.2, 0.25) is 5.28 Å². The van der Waals surface area contributed by atoms with Crippen molar-refractivity contribution < 1.29 is 30.0 Å². The zero-order valence-corrected chi connectivity index (χ0v) is 25.9. The number of primary sulfonamides is 1. The van der Waals surface area contributed by atoms with Crippen molar-refractivity contribution in [3.63, 3.8) is 0 Å². The quantitative estimate of drug-likeness (QED) is 0.0656. The Morgan fingerprint density at radius 1 is 0.889 bits per heavy atom. The van der Waals surface area contributed by atoms with Gasteiger partial charge in [-0.05, 0) is 59.1 Å². The van der Waals surface area contributed by atoms with E-state index in [4.69, 9.17) is 22.5 Å². The maximum atomic E-state index is 13.1. The second-order valence-electron chi connectivity index (χ2n) is 8.93. The predicted molar refractivity (Wildman–Crippen MR) is 163 cm³/mol.